The first-order chi connectivity index (χ1) is 8.39. The van der Waals surface area contributed by atoms with Gasteiger partial charge in [-0.1, -0.05) is 6.92 Å². The standard InChI is InChI=1S/C11H18N2O4S/c1-4-6-18(15,16)7-5-13-10(14)8-9(2)12-11(13)17-3/h8H,4-7H2,1-3H3. The highest BCUT2D eigenvalue weighted by atomic mass is 32.2. The van der Waals surface area contributed by atoms with E-state index >= 15 is 0 Å². The fourth-order valence-electron chi connectivity index (χ4n) is 1.60. The van der Waals surface area contributed by atoms with Crippen LogP contribution < -0.4 is 10.3 Å². The van der Waals surface area contributed by atoms with E-state index in [9.17, 15) is 13.2 Å². The van der Waals surface area contributed by atoms with Crippen LogP contribution in [0.4, 0.5) is 0 Å². The molecule has 1 aromatic heterocycles. The normalized spacial score (nSPS) is 11.5. The lowest BCUT2D eigenvalue weighted by atomic mass is 10.4. The van der Waals surface area contributed by atoms with Crippen molar-refractivity contribution >= 4 is 9.84 Å². The molecule has 1 rings (SSSR count). The zero-order valence-electron chi connectivity index (χ0n) is 10.8. The van der Waals surface area contributed by atoms with Gasteiger partial charge in [0.05, 0.1) is 12.9 Å². The van der Waals surface area contributed by atoms with Gasteiger partial charge in [0.25, 0.3) is 11.6 Å². The molecule has 0 aromatic carbocycles. The van der Waals surface area contributed by atoms with E-state index in [0.717, 1.165) is 0 Å². The highest BCUT2D eigenvalue weighted by Crippen LogP contribution is 2.05. The van der Waals surface area contributed by atoms with E-state index in [1.807, 2.05) is 0 Å². The summed E-state index contributed by atoms with van der Waals surface area (Å²) in [4.78, 5) is 15.8. The Bertz CT molecular complexity index is 563. The largest absolute Gasteiger partial charge is 0.468 e. The van der Waals surface area contributed by atoms with Crippen molar-refractivity contribution in [2.45, 2.75) is 26.8 Å². The first-order valence-electron chi connectivity index (χ1n) is 5.72. The van der Waals surface area contributed by atoms with Crippen LogP contribution in [0.5, 0.6) is 6.01 Å². The van der Waals surface area contributed by atoms with Crippen LogP contribution in [0.1, 0.15) is 19.0 Å². The first kappa shape index (κ1) is 14.7. The Hall–Kier alpha value is -1.37. The third-order valence-electron chi connectivity index (χ3n) is 2.42. The lowest BCUT2D eigenvalue weighted by molar-refractivity contribution is 0.347. The zero-order chi connectivity index (χ0) is 13.8. The molecular weight excluding hydrogens is 256 g/mol. The van der Waals surface area contributed by atoms with Gasteiger partial charge in [-0.15, -0.1) is 0 Å². The van der Waals surface area contributed by atoms with Gasteiger partial charge in [0.15, 0.2) is 9.84 Å². The molecule has 0 atom stereocenters. The van der Waals surface area contributed by atoms with Gasteiger partial charge >= 0.3 is 0 Å². The lowest BCUT2D eigenvalue weighted by Crippen LogP contribution is -2.26. The van der Waals surface area contributed by atoms with Crippen LogP contribution in [0.15, 0.2) is 10.9 Å². The molecule has 7 heteroatoms. The number of aryl methyl sites for hydroxylation is 1. The molecule has 6 nitrogen and oxygen atoms in total. The maximum Gasteiger partial charge on any atom is 0.299 e. The van der Waals surface area contributed by atoms with E-state index in [1.54, 1.807) is 13.8 Å². The number of sulfone groups is 1. The Kier molecular flexibility index (Phi) is 4.89. The molecule has 18 heavy (non-hydrogen) atoms. The van der Waals surface area contributed by atoms with Crippen LogP contribution in [0, 0.1) is 6.92 Å². The van der Waals surface area contributed by atoms with Gasteiger partial charge in [-0.05, 0) is 13.3 Å². The van der Waals surface area contributed by atoms with Crippen molar-refractivity contribution in [3.63, 3.8) is 0 Å². The Morgan fingerprint density at radius 1 is 1.39 bits per heavy atom. The van der Waals surface area contributed by atoms with Crippen LogP contribution >= 0.6 is 0 Å². The maximum atomic E-state index is 11.7. The average molecular weight is 274 g/mol. The van der Waals surface area contributed by atoms with E-state index in [4.69, 9.17) is 4.74 Å². The number of hydrogen-bond donors (Lipinski definition) is 0. The molecule has 1 heterocycles. The SMILES string of the molecule is CCCS(=O)(=O)CCn1c(OC)nc(C)cc1=O. The smallest absolute Gasteiger partial charge is 0.299 e. The third kappa shape index (κ3) is 3.83. The third-order valence-corrected chi connectivity index (χ3v) is 4.26. The second-order valence-electron chi connectivity index (χ2n) is 4.03. The van der Waals surface area contributed by atoms with Gasteiger partial charge in [0.1, 0.15) is 0 Å². The Balaban J connectivity index is 2.95. The van der Waals surface area contributed by atoms with Crippen molar-refractivity contribution in [3.05, 3.63) is 22.1 Å². The summed E-state index contributed by atoms with van der Waals surface area (Å²) in [6, 6.07) is 1.50. The second kappa shape index (κ2) is 5.99. The molecule has 0 unspecified atom stereocenters. The molecule has 0 aliphatic heterocycles. The fourth-order valence-corrected chi connectivity index (χ4v) is 2.89. The number of rotatable bonds is 6. The molecule has 1 aromatic rings. The topological polar surface area (TPSA) is 78.3 Å². The van der Waals surface area contributed by atoms with Gasteiger partial charge in [0, 0.05) is 24.1 Å². The average Bonchev–Trinajstić information content (AvgIpc) is 2.26. The second-order valence-corrected chi connectivity index (χ2v) is 6.33. The number of ether oxygens (including phenoxy) is 1. The van der Waals surface area contributed by atoms with Gasteiger partial charge < -0.3 is 4.74 Å². The van der Waals surface area contributed by atoms with Gasteiger partial charge in [-0.2, -0.15) is 0 Å². The molecule has 0 radical (unpaired) electrons. The number of methoxy groups -OCH3 is 1. The summed E-state index contributed by atoms with van der Waals surface area (Å²) in [5, 5.41) is 0. The van der Waals surface area contributed by atoms with Crippen molar-refractivity contribution in [2.24, 2.45) is 0 Å². The molecule has 0 aliphatic carbocycles. The summed E-state index contributed by atoms with van der Waals surface area (Å²) in [5.41, 5.74) is 0.246. The summed E-state index contributed by atoms with van der Waals surface area (Å²) < 4.78 is 29.4. The number of nitrogens with zero attached hydrogens (tertiary/aromatic N) is 2. The van der Waals surface area contributed by atoms with Gasteiger partial charge in [-0.25, -0.2) is 13.4 Å². The first-order valence-corrected chi connectivity index (χ1v) is 7.54. The minimum atomic E-state index is -3.12. The maximum absolute atomic E-state index is 11.7. The van der Waals surface area contributed by atoms with Gasteiger partial charge in [-0.3, -0.25) is 9.36 Å². The monoisotopic (exact) mass is 274 g/mol. The molecular formula is C11H18N2O4S. The molecule has 0 bridgehead atoms. The fraction of sp³-hybridized carbons (Fsp3) is 0.636. The van der Waals surface area contributed by atoms with E-state index in [1.165, 1.54) is 17.7 Å². The molecule has 0 aliphatic rings. The molecule has 0 fully saturated rings. The van der Waals surface area contributed by atoms with E-state index in [0.29, 0.717) is 12.1 Å². The molecule has 0 saturated heterocycles. The van der Waals surface area contributed by atoms with Crippen LogP contribution in [-0.2, 0) is 16.4 Å². The van der Waals surface area contributed by atoms with E-state index in [-0.39, 0.29) is 29.6 Å². The lowest BCUT2D eigenvalue weighted by Gasteiger charge is -2.10. The number of hydrogen-bond acceptors (Lipinski definition) is 5. The Labute approximate surface area is 107 Å². The quantitative estimate of drug-likeness (QED) is 0.749. The van der Waals surface area contributed by atoms with Crippen LogP contribution in [0.2, 0.25) is 0 Å². The summed E-state index contributed by atoms with van der Waals surface area (Å²) in [5.74, 6) is 0.0468. The summed E-state index contributed by atoms with van der Waals surface area (Å²) >= 11 is 0. The molecule has 0 amide bonds. The van der Waals surface area contributed by atoms with E-state index < -0.39 is 9.84 Å². The highest BCUT2D eigenvalue weighted by Gasteiger charge is 2.13. The summed E-state index contributed by atoms with van der Waals surface area (Å²) in [6.45, 7) is 3.55. The minimum Gasteiger partial charge on any atom is -0.468 e. The highest BCUT2D eigenvalue weighted by molar-refractivity contribution is 7.91. The van der Waals surface area contributed by atoms with E-state index in [2.05, 4.69) is 4.98 Å². The van der Waals surface area contributed by atoms with Crippen LogP contribution in [-0.4, -0.2) is 36.6 Å². The van der Waals surface area contributed by atoms with Gasteiger partial charge in [0.2, 0.25) is 0 Å². The Morgan fingerprint density at radius 3 is 2.61 bits per heavy atom. The van der Waals surface area contributed by atoms with Crippen molar-refractivity contribution in [1.82, 2.24) is 9.55 Å². The summed E-state index contributed by atoms with van der Waals surface area (Å²) in [7, 11) is -1.72. The van der Waals surface area contributed by atoms with Crippen molar-refractivity contribution in [3.8, 4) is 6.01 Å². The van der Waals surface area contributed by atoms with Crippen LogP contribution in [0.3, 0.4) is 0 Å². The minimum absolute atomic E-state index is 0.0671. The van der Waals surface area contributed by atoms with Crippen molar-refractivity contribution < 1.29 is 13.2 Å². The molecule has 0 spiro atoms. The predicted molar refractivity (Wildman–Crippen MR) is 68.7 cm³/mol. The van der Waals surface area contributed by atoms with Crippen LogP contribution in [0.25, 0.3) is 0 Å². The van der Waals surface area contributed by atoms with Crippen molar-refractivity contribution in [1.29, 1.82) is 0 Å². The molecule has 102 valence electrons. The Morgan fingerprint density at radius 2 is 2.06 bits per heavy atom. The molecule has 0 saturated carbocycles. The zero-order valence-corrected chi connectivity index (χ0v) is 11.7. The predicted octanol–water partition coefficient (Wildman–Crippen LogP) is 0.385. The summed E-state index contributed by atoms with van der Waals surface area (Å²) in [6.07, 6.45) is 0.570. The molecule has 0 N–H and O–H groups in total. The number of aromatic nitrogens is 2. The van der Waals surface area contributed by atoms with Crippen molar-refractivity contribution in [2.75, 3.05) is 18.6 Å².